The number of nitrogens with one attached hydrogen (secondary N) is 2. The molecule has 4 heteroatoms. The van der Waals surface area contributed by atoms with E-state index >= 15 is 0 Å². The molecule has 1 aliphatic rings. The largest absolute Gasteiger partial charge is 0.380 e. The van der Waals surface area contributed by atoms with Crippen LogP contribution >= 0.6 is 0 Å². The molecule has 1 saturated carbocycles. The SMILES string of the molecule is COCc1cccc(NC(=O)NC2CC2)c1. The average molecular weight is 220 g/mol. The first kappa shape index (κ1) is 11.0. The molecule has 0 bridgehead atoms. The summed E-state index contributed by atoms with van der Waals surface area (Å²) in [6, 6.07) is 7.90. The monoisotopic (exact) mass is 220 g/mol. The van der Waals surface area contributed by atoms with Crippen LogP contribution < -0.4 is 10.6 Å². The molecule has 1 fully saturated rings. The third-order valence-electron chi connectivity index (χ3n) is 2.41. The third-order valence-corrected chi connectivity index (χ3v) is 2.41. The number of methoxy groups -OCH3 is 1. The molecule has 2 N–H and O–H groups in total. The molecule has 0 aliphatic heterocycles. The summed E-state index contributed by atoms with van der Waals surface area (Å²) in [5.41, 5.74) is 1.85. The molecule has 1 aliphatic carbocycles. The minimum atomic E-state index is -0.128. The molecule has 1 aromatic carbocycles. The molecule has 0 aromatic heterocycles. The minimum absolute atomic E-state index is 0.128. The Morgan fingerprint density at radius 2 is 2.31 bits per heavy atom. The second kappa shape index (κ2) is 4.99. The van der Waals surface area contributed by atoms with Crippen molar-refractivity contribution in [1.82, 2.24) is 5.32 Å². The number of carbonyl (C=O) groups is 1. The second-order valence-corrected chi connectivity index (χ2v) is 4.01. The Kier molecular flexibility index (Phi) is 3.41. The molecule has 86 valence electrons. The van der Waals surface area contributed by atoms with Crippen molar-refractivity contribution in [3.05, 3.63) is 29.8 Å². The van der Waals surface area contributed by atoms with Crippen molar-refractivity contribution in [2.45, 2.75) is 25.5 Å². The molecule has 0 unspecified atom stereocenters. The molecule has 0 atom stereocenters. The van der Waals surface area contributed by atoms with Gasteiger partial charge in [0.2, 0.25) is 0 Å². The number of carbonyl (C=O) groups excluding carboxylic acids is 1. The first-order valence-electron chi connectivity index (χ1n) is 5.43. The van der Waals surface area contributed by atoms with Crippen LogP contribution in [0, 0.1) is 0 Å². The highest BCUT2D eigenvalue weighted by atomic mass is 16.5. The minimum Gasteiger partial charge on any atom is -0.380 e. The summed E-state index contributed by atoms with van der Waals surface area (Å²) in [5.74, 6) is 0. The van der Waals surface area contributed by atoms with Gasteiger partial charge in [0, 0.05) is 18.8 Å². The Hall–Kier alpha value is -1.55. The Morgan fingerprint density at radius 1 is 1.50 bits per heavy atom. The first-order chi connectivity index (χ1) is 7.78. The quantitative estimate of drug-likeness (QED) is 0.816. The van der Waals surface area contributed by atoms with Gasteiger partial charge in [-0.25, -0.2) is 4.79 Å². The zero-order chi connectivity index (χ0) is 11.4. The van der Waals surface area contributed by atoms with Gasteiger partial charge in [-0.3, -0.25) is 0 Å². The van der Waals surface area contributed by atoms with Crippen LogP contribution in [-0.4, -0.2) is 19.2 Å². The average Bonchev–Trinajstić information content (AvgIpc) is 3.02. The molecule has 1 aromatic rings. The normalized spacial score (nSPS) is 14.6. The fourth-order valence-corrected chi connectivity index (χ4v) is 1.49. The van der Waals surface area contributed by atoms with E-state index in [0.29, 0.717) is 12.6 Å². The van der Waals surface area contributed by atoms with E-state index in [0.717, 1.165) is 24.1 Å². The van der Waals surface area contributed by atoms with E-state index in [1.54, 1.807) is 7.11 Å². The Balaban J connectivity index is 1.91. The van der Waals surface area contributed by atoms with Gasteiger partial charge in [0.25, 0.3) is 0 Å². The maximum Gasteiger partial charge on any atom is 0.319 e. The van der Waals surface area contributed by atoms with E-state index in [9.17, 15) is 4.79 Å². The molecule has 4 nitrogen and oxygen atoms in total. The summed E-state index contributed by atoms with van der Waals surface area (Å²) in [7, 11) is 1.65. The summed E-state index contributed by atoms with van der Waals surface area (Å²) in [6.07, 6.45) is 2.19. The van der Waals surface area contributed by atoms with Crippen LogP contribution in [0.4, 0.5) is 10.5 Å². The maximum absolute atomic E-state index is 11.5. The lowest BCUT2D eigenvalue weighted by Gasteiger charge is -2.07. The summed E-state index contributed by atoms with van der Waals surface area (Å²) in [6.45, 7) is 0.555. The van der Waals surface area contributed by atoms with E-state index < -0.39 is 0 Å². The molecule has 0 heterocycles. The molecule has 16 heavy (non-hydrogen) atoms. The van der Waals surface area contributed by atoms with E-state index in [4.69, 9.17) is 4.74 Å². The number of urea groups is 1. The standard InChI is InChI=1S/C12H16N2O2/c1-16-8-9-3-2-4-11(7-9)14-12(15)13-10-5-6-10/h2-4,7,10H,5-6,8H2,1H3,(H2,13,14,15). The maximum atomic E-state index is 11.5. The van der Waals surface area contributed by atoms with E-state index in [2.05, 4.69) is 10.6 Å². The van der Waals surface area contributed by atoms with Crippen LogP contribution in [0.25, 0.3) is 0 Å². The molecular formula is C12H16N2O2. The van der Waals surface area contributed by atoms with Crippen molar-refractivity contribution in [2.24, 2.45) is 0 Å². The van der Waals surface area contributed by atoms with E-state index in [1.807, 2.05) is 24.3 Å². The van der Waals surface area contributed by atoms with Gasteiger partial charge < -0.3 is 15.4 Å². The topological polar surface area (TPSA) is 50.4 Å². The van der Waals surface area contributed by atoms with Crippen molar-refractivity contribution in [2.75, 3.05) is 12.4 Å². The highest BCUT2D eigenvalue weighted by Gasteiger charge is 2.23. The number of rotatable bonds is 4. The van der Waals surface area contributed by atoms with Crippen LogP contribution in [0.15, 0.2) is 24.3 Å². The van der Waals surface area contributed by atoms with Crippen LogP contribution in [0.2, 0.25) is 0 Å². The Labute approximate surface area is 95.0 Å². The number of anilines is 1. The zero-order valence-corrected chi connectivity index (χ0v) is 9.32. The lowest BCUT2D eigenvalue weighted by molar-refractivity contribution is 0.185. The lowest BCUT2D eigenvalue weighted by Crippen LogP contribution is -2.30. The summed E-state index contributed by atoms with van der Waals surface area (Å²) < 4.78 is 5.03. The zero-order valence-electron chi connectivity index (χ0n) is 9.32. The molecule has 0 spiro atoms. The van der Waals surface area contributed by atoms with Gasteiger partial charge >= 0.3 is 6.03 Å². The molecule has 0 radical (unpaired) electrons. The van der Waals surface area contributed by atoms with Gasteiger partial charge in [-0.15, -0.1) is 0 Å². The predicted octanol–water partition coefficient (Wildman–Crippen LogP) is 2.12. The third kappa shape index (κ3) is 3.24. The van der Waals surface area contributed by atoms with Crippen molar-refractivity contribution >= 4 is 11.7 Å². The van der Waals surface area contributed by atoms with Gasteiger partial charge in [0.15, 0.2) is 0 Å². The Bertz CT molecular complexity index is 375. The van der Waals surface area contributed by atoms with Crippen LogP contribution in [0.3, 0.4) is 0 Å². The summed E-state index contributed by atoms with van der Waals surface area (Å²) >= 11 is 0. The number of benzene rings is 1. The van der Waals surface area contributed by atoms with Crippen molar-refractivity contribution in [3.63, 3.8) is 0 Å². The number of hydrogen-bond donors (Lipinski definition) is 2. The van der Waals surface area contributed by atoms with Crippen molar-refractivity contribution in [3.8, 4) is 0 Å². The van der Waals surface area contributed by atoms with E-state index in [-0.39, 0.29) is 6.03 Å². The number of amides is 2. The fraction of sp³-hybridized carbons (Fsp3) is 0.417. The van der Waals surface area contributed by atoms with Crippen molar-refractivity contribution in [1.29, 1.82) is 0 Å². The van der Waals surface area contributed by atoms with Gasteiger partial charge in [-0.2, -0.15) is 0 Å². The van der Waals surface area contributed by atoms with Crippen molar-refractivity contribution < 1.29 is 9.53 Å². The van der Waals surface area contributed by atoms with Crippen LogP contribution in [0.1, 0.15) is 18.4 Å². The van der Waals surface area contributed by atoms with Gasteiger partial charge in [-0.1, -0.05) is 12.1 Å². The van der Waals surface area contributed by atoms with Crippen LogP contribution in [-0.2, 0) is 11.3 Å². The molecule has 2 rings (SSSR count). The predicted molar refractivity (Wildman–Crippen MR) is 62.3 cm³/mol. The van der Waals surface area contributed by atoms with Gasteiger partial charge in [0.1, 0.15) is 0 Å². The summed E-state index contributed by atoms with van der Waals surface area (Å²) in [5, 5.41) is 5.68. The lowest BCUT2D eigenvalue weighted by atomic mass is 10.2. The Morgan fingerprint density at radius 3 is 3.00 bits per heavy atom. The van der Waals surface area contributed by atoms with Gasteiger partial charge in [-0.05, 0) is 30.5 Å². The fourth-order valence-electron chi connectivity index (χ4n) is 1.49. The number of hydrogen-bond acceptors (Lipinski definition) is 2. The summed E-state index contributed by atoms with van der Waals surface area (Å²) in [4.78, 5) is 11.5. The molecular weight excluding hydrogens is 204 g/mol. The van der Waals surface area contributed by atoms with E-state index in [1.165, 1.54) is 0 Å². The second-order valence-electron chi connectivity index (χ2n) is 4.01. The molecule has 0 saturated heterocycles. The van der Waals surface area contributed by atoms with Crippen LogP contribution in [0.5, 0.6) is 0 Å². The first-order valence-corrected chi connectivity index (χ1v) is 5.43. The molecule has 2 amide bonds. The highest BCUT2D eigenvalue weighted by Crippen LogP contribution is 2.19. The van der Waals surface area contributed by atoms with Gasteiger partial charge in [0.05, 0.1) is 6.61 Å². The smallest absolute Gasteiger partial charge is 0.319 e. The highest BCUT2D eigenvalue weighted by molar-refractivity contribution is 5.89. The number of ether oxygens (including phenoxy) is 1.